The van der Waals surface area contributed by atoms with Crippen LogP contribution in [0.15, 0.2) is 77.4 Å². The van der Waals surface area contributed by atoms with Crippen molar-refractivity contribution in [1.29, 1.82) is 0 Å². The minimum atomic E-state index is -0.166. The SMILES string of the molecule is CCc1cccc(CC)c1N1C(=O)/C(=C\c2ccc(Cl)cc2Cl)N=C1c1ccccc1. The van der Waals surface area contributed by atoms with Crippen molar-refractivity contribution in [2.75, 3.05) is 4.90 Å². The van der Waals surface area contributed by atoms with Crippen molar-refractivity contribution in [3.63, 3.8) is 0 Å². The van der Waals surface area contributed by atoms with Crippen LogP contribution in [0, 0.1) is 0 Å². The Hall–Kier alpha value is -2.88. The lowest BCUT2D eigenvalue weighted by molar-refractivity contribution is -0.113. The molecule has 1 aliphatic heterocycles. The van der Waals surface area contributed by atoms with Gasteiger partial charge in [0.25, 0.3) is 5.91 Å². The average molecular weight is 449 g/mol. The number of hydrogen-bond acceptors (Lipinski definition) is 2. The summed E-state index contributed by atoms with van der Waals surface area (Å²) >= 11 is 12.4. The van der Waals surface area contributed by atoms with E-state index >= 15 is 0 Å². The van der Waals surface area contributed by atoms with Crippen LogP contribution in [0.5, 0.6) is 0 Å². The van der Waals surface area contributed by atoms with Crippen molar-refractivity contribution in [2.45, 2.75) is 26.7 Å². The highest BCUT2D eigenvalue weighted by Crippen LogP contribution is 2.34. The summed E-state index contributed by atoms with van der Waals surface area (Å²) in [5.41, 5.74) is 5.08. The molecule has 3 aromatic carbocycles. The van der Waals surface area contributed by atoms with Gasteiger partial charge in [0.15, 0.2) is 0 Å². The molecule has 5 heteroatoms. The molecule has 0 unspecified atom stereocenters. The first-order chi connectivity index (χ1) is 15.0. The number of nitrogens with zero attached hydrogens (tertiary/aromatic N) is 2. The van der Waals surface area contributed by atoms with Gasteiger partial charge in [0, 0.05) is 15.6 Å². The zero-order chi connectivity index (χ0) is 22.0. The summed E-state index contributed by atoms with van der Waals surface area (Å²) in [4.78, 5) is 20.2. The highest BCUT2D eigenvalue weighted by molar-refractivity contribution is 6.36. The molecule has 1 heterocycles. The molecule has 4 rings (SSSR count). The number of aryl methyl sites for hydroxylation is 2. The Kier molecular flexibility index (Phi) is 6.26. The van der Waals surface area contributed by atoms with Crippen LogP contribution < -0.4 is 4.90 Å². The quantitative estimate of drug-likeness (QED) is 0.388. The standard InChI is InChI=1S/C26H22Cl2N2O/c1-3-17-11-8-12-18(4-2)24(17)30-25(19-9-6-5-7-10-19)29-23(26(30)31)15-20-13-14-21(27)16-22(20)28/h5-16H,3-4H2,1-2H3/b23-15+. The summed E-state index contributed by atoms with van der Waals surface area (Å²) < 4.78 is 0. The topological polar surface area (TPSA) is 32.7 Å². The van der Waals surface area contributed by atoms with Crippen molar-refractivity contribution in [2.24, 2.45) is 4.99 Å². The van der Waals surface area contributed by atoms with E-state index < -0.39 is 0 Å². The first-order valence-electron chi connectivity index (χ1n) is 10.3. The summed E-state index contributed by atoms with van der Waals surface area (Å²) in [6.45, 7) is 4.20. The Balaban J connectivity index is 1.91. The molecule has 156 valence electrons. The lowest BCUT2D eigenvalue weighted by Gasteiger charge is -2.24. The summed E-state index contributed by atoms with van der Waals surface area (Å²) in [7, 11) is 0. The molecule has 0 aromatic heterocycles. The van der Waals surface area contributed by atoms with E-state index in [1.807, 2.05) is 36.4 Å². The molecule has 0 bridgehead atoms. The van der Waals surface area contributed by atoms with Crippen LogP contribution in [0.2, 0.25) is 10.0 Å². The number of amidine groups is 1. The smallest absolute Gasteiger partial charge is 0.266 e. The zero-order valence-electron chi connectivity index (χ0n) is 17.4. The molecule has 0 fully saturated rings. The number of benzene rings is 3. The third-order valence-corrected chi connectivity index (χ3v) is 5.90. The number of amides is 1. The Labute approximate surface area is 192 Å². The van der Waals surface area contributed by atoms with Crippen molar-refractivity contribution >= 4 is 46.7 Å². The van der Waals surface area contributed by atoms with Gasteiger partial charge in [0.05, 0.1) is 5.69 Å². The molecule has 31 heavy (non-hydrogen) atoms. The number of carbonyl (C=O) groups excluding carboxylic acids is 1. The second-order valence-electron chi connectivity index (χ2n) is 7.27. The van der Waals surface area contributed by atoms with Crippen LogP contribution in [-0.2, 0) is 17.6 Å². The lowest BCUT2D eigenvalue weighted by atomic mass is 10.0. The normalized spacial score (nSPS) is 15.0. The minimum absolute atomic E-state index is 0.166. The third-order valence-electron chi connectivity index (χ3n) is 5.34. The first-order valence-corrected chi connectivity index (χ1v) is 11.0. The maximum atomic E-state index is 13.7. The molecule has 1 amide bonds. The van der Waals surface area contributed by atoms with E-state index in [9.17, 15) is 4.79 Å². The van der Waals surface area contributed by atoms with Crippen LogP contribution in [0.25, 0.3) is 6.08 Å². The second-order valence-corrected chi connectivity index (χ2v) is 8.11. The third kappa shape index (κ3) is 4.16. The number of para-hydroxylation sites is 1. The number of halogens is 2. The van der Waals surface area contributed by atoms with Crippen LogP contribution in [0.1, 0.15) is 36.1 Å². The molecule has 1 aliphatic rings. The van der Waals surface area contributed by atoms with Gasteiger partial charge >= 0.3 is 0 Å². The van der Waals surface area contributed by atoms with E-state index in [0.29, 0.717) is 27.1 Å². The van der Waals surface area contributed by atoms with Crippen molar-refractivity contribution in [1.82, 2.24) is 0 Å². The molecule has 0 saturated carbocycles. The molecule has 0 atom stereocenters. The van der Waals surface area contributed by atoms with Gasteiger partial charge in [-0.3, -0.25) is 9.69 Å². The van der Waals surface area contributed by atoms with E-state index in [-0.39, 0.29) is 5.91 Å². The van der Waals surface area contributed by atoms with Crippen LogP contribution in [-0.4, -0.2) is 11.7 Å². The van der Waals surface area contributed by atoms with Crippen molar-refractivity contribution in [3.05, 3.63) is 105 Å². The van der Waals surface area contributed by atoms with E-state index in [1.54, 1.807) is 29.2 Å². The van der Waals surface area contributed by atoms with Gasteiger partial charge in [0.1, 0.15) is 11.5 Å². The summed E-state index contributed by atoms with van der Waals surface area (Å²) in [5.74, 6) is 0.456. The van der Waals surface area contributed by atoms with Gasteiger partial charge in [-0.2, -0.15) is 0 Å². The summed E-state index contributed by atoms with van der Waals surface area (Å²) in [5, 5.41) is 1.02. The fourth-order valence-electron chi connectivity index (χ4n) is 3.77. The number of rotatable bonds is 5. The molecule has 0 N–H and O–H groups in total. The van der Waals surface area contributed by atoms with Gasteiger partial charge in [-0.05, 0) is 47.7 Å². The fraction of sp³-hybridized carbons (Fsp3) is 0.154. The number of aliphatic imine (C=N–C) groups is 1. The average Bonchev–Trinajstić information content (AvgIpc) is 3.11. The van der Waals surface area contributed by atoms with Crippen LogP contribution >= 0.6 is 23.2 Å². The highest BCUT2D eigenvalue weighted by atomic mass is 35.5. The van der Waals surface area contributed by atoms with E-state index in [2.05, 4.69) is 26.0 Å². The Morgan fingerprint density at radius 1 is 0.903 bits per heavy atom. The second kappa shape index (κ2) is 9.09. The highest BCUT2D eigenvalue weighted by Gasteiger charge is 2.34. The van der Waals surface area contributed by atoms with Gasteiger partial charge in [-0.25, -0.2) is 4.99 Å². The lowest BCUT2D eigenvalue weighted by Crippen LogP contribution is -2.34. The molecule has 3 nitrogen and oxygen atoms in total. The predicted molar refractivity (Wildman–Crippen MR) is 130 cm³/mol. The monoisotopic (exact) mass is 448 g/mol. The van der Waals surface area contributed by atoms with Gasteiger partial charge < -0.3 is 0 Å². The van der Waals surface area contributed by atoms with Crippen molar-refractivity contribution < 1.29 is 4.79 Å². The Bertz CT molecular complexity index is 1180. The van der Waals surface area contributed by atoms with Crippen molar-refractivity contribution in [3.8, 4) is 0 Å². The van der Waals surface area contributed by atoms with Gasteiger partial charge in [0.2, 0.25) is 0 Å². The molecular weight excluding hydrogens is 427 g/mol. The Morgan fingerprint density at radius 2 is 1.58 bits per heavy atom. The molecule has 0 saturated heterocycles. The number of hydrogen-bond donors (Lipinski definition) is 0. The van der Waals surface area contributed by atoms with Gasteiger partial charge in [-0.15, -0.1) is 0 Å². The van der Waals surface area contributed by atoms with Crippen LogP contribution in [0.4, 0.5) is 5.69 Å². The molecule has 0 radical (unpaired) electrons. The van der Waals surface area contributed by atoms with Gasteiger partial charge in [-0.1, -0.05) is 91.6 Å². The molecule has 0 aliphatic carbocycles. The predicted octanol–water partition coefficient (Wildman–Crippen LogP) is 6.95. The van der Waals surface area contributed by atoms with E-state index in [0.717, 1.165) is 35.2 Å². The minimum Gasteiger partial charge on any atom is -0.266 e. The largest absolute Gasteiger partial charge is 0.282 e. The number of carbonyl (C=O) groups is 1. The molecule has 3 aromatic rings. The summed E-state index contributed by atoms with van der Waals surface area (Å²) in [6.07, 6.45) is 3.36. The zero-order valence-corrected chi connectivity index (χ0v) is 18.9. The fourth-order valence-corrected chi connectivity index (χ4v) is 4.24. The maximum absolute atomic E-state index is 13.7. The van der Waals surface area contributed by atoms with E-state index in [4.69, 9.17) is 28.2 Å². The molecule has 0 spiro atoms. The molecular formula is C26H22Cl2N2O. The number of anilines is 1. The maximum Gasteiger partial charge on any atom is 0.282 e. The Morgan fingerprint density at radius 3 is 2.19 bits per heavy atom. The first kappa shape index (κ1) is 21.4. The van der Waals surface area contributed by atoms with E-state index in [1.165, 1.54) is 0 Å². The summed E-state index contributed by atoms with van der Waals surface area (Å²) in [6, 6.07) is 21.2. The van der Waals surface area contributed by atoms with Crippen LogP contribution in [0.3, 0.4) is 0 Å².